The monoisotopic (exact) mass is 409 g/mol. The van der Waals surface area contributed by atoms with Crippen LogP contribution in [0.25, 0.3) is 17.0 Å². The van der Waals surface area contributed by atoms with Crippen LogP contribution < -0.4 is 5.32 Å². The molecule has 0 saturated heterocycles. The minimum Gasteiger partial charge on any atom is -0.385 e. The Balaban J connectivity index is 1.78. The summed E-state index contributed by atoms with van der Waals surface area (Å²) in [5.41, 5.74) is 5.87. The van der Waals surface area contributed by atoms with E-state index in [1.54, 1.807) is 0 Å². The average molecular weight is 410 g/mol. The van der Waals surface area contributed by atoms with Crippen molar-refractivity contribution >= 4 is 29.1 Å². The maximum atomic E-state index is 6.21. The third kappa shape index (κ3) is 5.15. The number of benzene rings is 2. The molecule has 2 aromatic carbocycles. The molecule has 5 heteroatoms. The first-order valence-corrected chi connectivity index (χ1v) is 10.8. The van der Waals surface area contributed by atoms with E-state index in [-0.39, 0.29) is 0 Å². The van der Waals surface area contributed by atoms with Gasteiger partial charge in [0, 0.05) is 28.4 Å². The number of nitrogens with zero attached hydrogens (tertiary/aromatic N) is 2. The lowest BCUT2D eigenvalue weighted by Crippen LogP contribution is -2.16. The van der Waals surface area contributed by atoms with Crippen molar-refractivity contribution in [1.82, 2.24) is 15.3 Å². The van der Waals surface area contributed by atoms with Gasteiger partial charge in [0.1, 0.15) is 0 Å². The highest BCUT2D eigenvalue weighted by Gasteiger charge is 2.16. The second-order valence-electron chi connectivity index (χ2n) is 6.52. The van der Waals surface area contributed by atoms with Crippen molar-refractivity contribution in [2.24, 2.45) is 0 Å². The molecule has 1 N–H and O–H groups in total. The predicted octanol–water partition coefficient (Wildman–Crippen LogP) is 6.02. The first-order chi connectivity index (χ1) is 13.6. The van der Waals surface area contributed by atoms with Crippen LogP contribution in [-0.4, -0.2) is 22.8 Å². The summed E-state index contributed by atoms with van der Waals surface area (Å²) < 4.78 is 0. The molecule has 0 atom stereocenters. The van der Waals surface area contributed by atoms with E-state index in [0.29, 0.717) is 5.02 Å². The van der Waals surface area contributed by atoms with E-state index >= 15 is 0 Å². The van der Waals surface area contributed by atoms with Gasteiger partial charge in [0.25, 0.3) is 0 Å². The van der Waals surface area contributed by atoms with E-state index in [4.69, 9.17) is 16.6 Å². The molecule has 0 aliphatic carbocycles. The summed E-state index contributed by atoms with van der Waals surface area (Å²) in [4.78, 5) is 9.37. The van der Waals surface area contributed by atoms with Gasteiger partial charge in [-0.25, -0.2) is 9.97 Å². The van der Waals surface area contributed by atoms with Crippen molar-refractivity contribution in [2.75, 3.05) is 12.8 Å². The Bertz CT molecular complexity index is 957. The van der Waals surface area contributed by atoms with Gasteiger partial charge in [0.05, 0.1) is 11.4 Å². The molecule has 0 saturated carbocycles. The summed E-state index contributed by atoms with van der Waals surface area (Å²) in [7, 11) is 0. The van der Waals surface area contributed by atoms with E-state index in [0.717, 1.165) is 52.8 Å². The van der Waals surface area contributed by atoms with E-state index in [2.05, 4.69) is 41.1 Å². The van der Waals surface area contributed by atoms with Gasteiger partial charge >= 0.3 is 0 Å². The highest BCUT2D eigenvalue weighted by molar-refractivity contribution is 7.98. The van der Waals surface area contributed by atoms with Gasteiger partial charge in [-0.15, -0.1) is 0 Å². The molecule has 3 aromatic rings. The Kier molecular flexibility index (Phi) is 7.12. The zero-order valence-electron chi connectivity index (χ0n) is 16.2. The normalized spacial score (nSPS) is 10.7. The number of halogens is 1. The molecule has 0 amide bonds. The largest absolute Gasteiger partial charge is 0.385 e. The van der Waals surface area contributed by atoms with Gasteiger partial charge in [0.15, 0.2) is 5.16 Å². The average Bonchev–Trinajstić information content (AvgIpc) is 2.71. The smallest absolute Gasteiger partial charge is 0.188 e. The molecule has 3 nitrogen and oxygen atoms in total. The van der Waals surface area contributed by atoms with Crippen LogP contribution >= 0.6 is 23.4 Å². The lowest BCUT2D eigenvalue weighted by Gasteiger charge is -2.17. The van der Waals surface area contributed by atoms with E-state index in [1.165, 1.54) is 17.3 Å². The van der Waals surface area contributed by atoms with Crippen LogP contribution in [0.1, 0.15) is 23.2 Å². The lowest BCUT2D eigenvalue weighted by atomic mass is 10.0. The van der Waals surface area contributed by atoms with Crippen molar-refractivity contribution < 1.29 is 0 Å². The number of hydrogen-bond acceptors (Lipinski definition) is 4. The number of nitrogens with one attached hydrogen (secondary N) is 1. The fourth-order valence-corrected chi connectivity index (χ4v) is 3.71. The summed E-state index contributed by atoms with van der Waals surface area (Å²) in [5.74, 6) is 0. The molecule has 0 fully saturated rings. The molecule has 0 bridgehead atoms. The van der Waals surface area contributed by atoms with E-state index in [1.807, 2.05) is 43.5 Å². The molecule has 144 valence electrons. The minimum absolute atomic E-state index is 0.687. The number of aromatic nitrogens is 2. The van der Waals surface area contributed by atoms with Crippen molar-refractivity contribution in [3.63, 3.8) is 0 Å². The molecule has 0 spiro atoms. The Morgan fingerprint density at radius 2 is 1.89 bits per heavy atom. The Labute approximate surface area is 176 Å². The highest BCUT2D eigenvalue weighted by atomic mass is 35.5. The maximum Gasteiger partial charge on any atom is 0.188 e. The maximum absolute atomic E-state index is 6.21. The van der Waals surface area contributed by atoms with Crippen LogP contribution in [0.15, 0.2) is 66.3 Å². The quantitative estimate of drug-likeness (QED) is 0.280. The first-order valence-electron chi connectivity index (χ1n) is 9.24. The molecule has 28 heavy (non-hydrogen) atoms. The van der Waals surface area contributed by atoms with Crippen molar-refractivity contribution in [1.29, 1.82) is 0 Å². The minimum atomic E-state index is 0.687. The Hall–Kier alpha value is -2.30. The number of aryl methyl sites for hydroxylation is 2. The Morgan fingerprint density at radius 3 is 2.61 bits per heavy atom. The van der Waals surface area contributed by atoms with Gasteiger partial charge in [-0.2, -0.15) is 0 Å². The van der Waals surface area contributed by atoms with Crippen LogP contribution in [0.3, 0.4) is 0 Å². The molecule has 0 radical (unpaired) electrons. The van der Waals surface area contributed by atoms with Gasteiger partial charge in [0.2, 0.25) is 0 Å². The zero-order valence-corrected chi connectivity index (χ0v) is 17.8. The first kappa shape index (κ1) is 20.4. The third-order valence-corrected chi connectivity index (χ3v) is 5.26. The standard InChI is InChI=1S/C23H24ClN3S/c1-16(25-14-8-11-18-9-5-4-6-10-18)21-17(2)26-23(28-3)27-22(21)19-12-7-13-20(24)15-19/h4-7,9-10,12-13,15,25H,1,8,11,14H2,2-3H3. The highest BCUT2D eigenvalue weighted by Crippen LogP contribution is 2.30. The summed E-state index contributed by atoms with van der Waals surface area (Å²) in [5, 5.41) is 4.89. The molecule has 3 rings (SSSR count). The van der Waals surface area contributed by atoms with Crippen LogP contribution in [-0.2, 0) is 6.42 Å². The van der Waals surface area contributed by atoms with E-state index < -0.39 is 0 Å². The zero-order chi connectivity index (χ0) is 19.9. The molecule has 1 heterocycles. The summed E-state index contributed by atoms with van der Waals surface area (Å²) in [6.45, 7) is 7.10. The molecule has 0 unspecified atom stereocenters. The van der Waals surface area contributed by atoms with Crippen molar-refractivity contribution in [3.05, 3.63) is 83.0 Å². The fraction of sp³-hybridized carbons (Fsp3) is 0.217. The summed E-state index contributed by atoms with van der Waals surface area (Å²) in [6.07, 6.45) is 4.04. The topological polar surface area (TPSA) is 37.8 Å². The SMILES string of the molecule is C=C(NCCCc1ccccc1)c1c(C)nc(SC)nc1-c1cccc(Cl)c1. The molecular weight excluding hydrogens is 386 g/mol. The third-order valence-electron chi connectivity index (χ3n) is 4.48. The van der Waals surface area contributed by atoms with Crippen molar-refractivity contribution in [2.45, 2.75) is 24.9 Å². The van der Waals surface area contributed by atoms with Gasteiger partial charge in [-0.05, 0) is 43.7 Å². The Morgan fingerprint density at radius 1 is 1.11 bits per heavy atom. The van der Waals surface area contributed by atoms with Crippen LogP contribution in [0.4, 0.5) is 0 Å². The molecule has 0 aliphatic rings. The van der Waals surface area contributed by atoms with Gasteiger partial charge in [-0.1, -0.05) is 72.4 Å². The van der Waals surface area contributed by atoms with Crippen molar-refractivity contribution in [3.8, 4) is 11.3 Å². The second kappa shape index (κ2) is 9.76. The number of rotatable bonds is 8. The molecule has 0 aliphatic heterocycles. The van der Waals surface area contributed by atoms with Gasteiger partial charge < -0.3 is 5.32 Å². The predicted molar refractivity (Wildman–Crippen MR) is 121 cm³/mol. The van der Waals surface area contributed by atoms with E-state index in [9.17, 15) is 0 Å². The number of thioether (sulfide) groups is 1. The molecular formula is C23H24ClN3S. The van der Waals surface area contributed by atoms with Crippen LogP contribution in [0, 0.1) is 6.92 Å². The second-order valence-corrected chi connectivity index (χ2v) is 7.73. The fourth-order valence-electron chi connectivity index (χ4n) is 3.11. The van der Waals surface area contributed by atoms with Crippen LogP contribution in [0.2, 0.25) is 5.02 Å². The lowest BCUT2D eigenvalue weighted by molar-refractivity contribution is 0.760. The van der Waals surface area contributed by atoms with Crippen LogP contribution in [0.5, 0.6) is 0 Å². The summed E-state index contributed by atoms with van der Waals surface area (Å²) in [6, 6.07) is 18.3. The number of hydrogen-bond donors (Lipinski definition) is 1. The molecule has 1 aromatic heterocycles. The summed E-state index contributed by atoms with van der Waals surface area (Å²) >= 11 is 7.74. The van der Waals surface area contributed by atoms with Gasteiger partial charge in [-0.3, -0.25) is 0 Å².